The summed E-state index contributed by atoms with van der Waals surface area (Å²) < 4.78 is 0. The number of rotatable bonds is 0. The molecule has 0 aromatic heterocycles. The van der Waals surface area contributed by atoms with Gasteiger partial charge in [0.05, 0.1) is 5.60 Å². The molecular formula is C19H32O. The molecule has 3 atom stereocenters. The first-order valence-electron chi connectivity index (χ1n) is 8.98. The molecule has 1 nitrogen and oxygen atoms in total. The predicted octanol–water partition coefficient (Wildman–Crippen LogP) is 5.38. The molecule has 3 aliphatic rings. The molecule has 0 aromatic carbocycles. The highest BCUT2D eigenvalue weighted by atomic mass is 16.3. The van der Waals surface area contributed by atoms with Crippen LogP contribution in [0, 0.1) is 10.8 Å². The summed E-state index contributed by atoms with van der Waals surface area (Å²) in [6.45, 7) is 2.08. The molecule has 20 heavy (non-hydrogen) atoms. The Morgan fingerprint density at radius 1 is 0.800 bits per heavy atom. The van der Waals surface area contributed by atoms with Crippen molar-refractivity contribution >= 4 is 0 Å². The second-order valence-corrected chi connectivity index (χ2v) is 8.22. The van der Waals surface area contributed by atoms with Gasteiger partial charge in [0, 0.05) is 0 Å². The smallest absolute Gasteiger partial charge is 0.0634 e. The molecule has 0 amide bonds. The molecule has 2 saturated carbocycles. The summed E-state index contributed by atoms with van der Waals surface area (Å²) >= 11 is 0. The Kier molecular flexibility index (Phi) is 4.01. The minimum absolute atomic E-state index is 0.329. The molecule has 0 heterocycles. The maximum atomic E-state index is 10.7. The van der Waals surface area contributed by atoms with Gasteiger partial charge in [-0.1, -0.05) is 63.5 Å². The van der Waals surface area contributed by atoms with Crippen molar-refractivity contribution in [3.63, 3.8) is 0 Å². The van der Waals surface area contributed by atoms with E-state index in [4.69, 9.17) is 0 Å². The zero-order chi connectivity index (χ0) is 14.1. The van der Waals surface area contributed by atoms with E-state index in [2.05, 4.69) is 19.1 Å². The van der Waals surface area contributed by atoms with Crippen molar-refractivity contribution in [2.45, 2.75) is 96.0 Å². The first-order valence-corrected chi connectivity index (χ1v) is 8.98. The largest absolute Gasteiger partial charge is 0.390 e. The molecule has 3 rings (SSSR count). The Balaban J connectivity index is 1.81. The van der Waals surface area contributed by atoms with E-state index in [1.165, 1.54) is 70.6 Å². The molecule has 114 valence electrons. The monoisotopic (exact) mass is 276 g/mol. The molecular weight excluding hydrogens is 244 g/mol. The van der Waals surface area contributed by atoms with Crippen LogP contribution >= 0.6 is 0 Å². The van der Waals surface area contributed by atoms with Crippen LogP contribution in [-0.2, 0) is 0 Å². The molecule has 0 spiro atoms. The summed E-state index contributed by atoms with van der Waals surface area (Å²) in [5.74, 6) is 0. The zero-order valence-electron chi connectivity index (χ0n) is 13.3. The van der Waals surface area contributed by atoms with Crippen LogP contribution in [0.25, 0.3) is 0 Å². The van der Waals surface area contributed by atoms with Gasteiger partial charge >= 0.3 is 0 Å². The van der Waals surface area contributed by atoms with Crippen LogP contribution in [-0.4, -0.2) is 10.7 Å². The zero-order valence-corrected chi connectivity index (χ0v) is 13.3. The third kappa shape index (κ3) is 2.58. The van der Waals surface area contributed by atoms with Gasteiger partial charge < -0.3 is 5.11 Å². The van der Waals surface area contributed by atoms with E-state index in [1.54, 1.807) is 0 Å². The van der Waals surface area contributed by atoms with Gasteiger partial charge in [-0.25, -0.2) is 0 Å². The van der Waals surface area contributed by atoms with Gasteiger partial charge in [-0.15, -0.1) is 0 Å². The van der Waals surface area contributed by atoms with Gasteiger partial charge in [-0.05, 0) is 49.9 Å². The van der Waals surface area contributed by atoms with Crippen LogP contribution in [0.4, 0.5) is 0 Å². The van der Waals surface area contributed by atoms with Gasteiger partial charge in [0.25, 0.3) is 0 Å². The lowest BCUT2D eigenvalue weighted by atomic mass is 9.63. The summed E-state index contributed by atoms with van der Waals surface area (Å²) in [6.07, 6.45) is 22.1. The van der Waals surface area contributed by atoms with Gasteiger partial charge in [0.15, 0.2) is 0 Å². The van der Waals surface area contributed by atoms with E-state index < -0.39 is 5.60 Å². The lowest BCUT2D eigenvalue weighted by molar-refractivity contribution is 0.0509. The maximum absolute atomic E-state index is 10.7. The Morgan fingerprint density at radius 3 is 2.10 bits per heavy atom. The lowest BCUT2D eigenvalue weighted by Crippen LogP contribution is -2.32. The molecule has 0 aromatic rings. The Hall–Kier alpha value is -0.300. The Morgan fingerprint density at radius 2 is 1.40 bits per heavy atom. The van der Waals surface area contributed by atoms with Crippen LogP contribution in [0.1, 0.15) is 90.4 Å². The third-order valence-electron chi connectivity index (χ3n) is 6.45. The number of allylic oxidation sites excluding steroid dienone is 2. The van der Waals surface area contributed by atoms with E-state index in [1.807, 2.05) is 0 Å². The molecule has 0 aliphatic heterocycles. The molecule has 0 saturated heterocycles. The van der Waals surface area contributed by atoms with Crippen molar-refractivity contribution in [3.8, 4) is 0 Å². The van der Waals surface area contributed by atoms with Crippen molar-refractivity contribution in [2.24, 2.45) is 10.8 Å². The van der Waals surface area contributed by atoms with Crippen molar-refractivity contribution in [2.75, 3.05) is 0 Å². The maximum Gasteiger partial charge on any atom is 0.0634 e. The van der Waals surface area contributed by atoms with Gasteiger partial charge in [0.2, 0.25) is 0 Å². The number of hydrogen-bond acceptors (Lipinski definition) is 1. The van der Waals surface area contributed by atoms with Gasteiger partial charge in [0.1, 0.15) is 0 Å². The van der Waals surface area contributed by atoms with Crippen LogP contribution < -0.4 is 0 Å². The Bertz CT molecular complexity index is 370. The second-order valence-electron chi connectivity index (χ2n) is 8.22. The third-order valence-corrected chi connectivity index (χ3v) is 6.45. The average molecular weight is 276 g/mol. The lowest BCUT2D eigenvalue weighted by Gasteiger charge is -2.41. The minimum atomic E-state index is -0.426. The Labute approximate surface area is 124 Å². The van der Waals surface area contributed by atoms with E-state index in [-0.39, 0.29) is 0 Å². The van der Waals surface area contributed by atoms with E-state index >= 15 is 0 Å². The van der Waals surface area contributed by atoms with E-state index in [9.17, 15) is 5.11 Å². The van der Waals surface area contributed by atoms with Crippen LogP contribution in [0.5, 0.6) is 0 Å². The molecule has 1 heteroatoms. The number of hydrogen-bond donors (Lipinski definition) is 1. The fourth-order valence-electron chi connectivity index (χ4n) is 5.70. The molecule has 1 N–H and O–H groups in total. The van der Waals surface area contributed by atoms with Crippen molar-refractivity contribution in [3.05, 3.63) is 12.2 Å². The summed E-state index contributed by atoms with van der Waals surface area (Å²) in [6, 6.07) is 0. The standard InChI is InChI=1S/C19H32O/c1-17(20)15-18-11-8-6-4-2-3-5-7-9-12-19(18,16-17)14-10-13-18/h10,13,20H,2-9,11-12,14-16H2,1H3/t17-,18+,19+/m0/s1. The van der Waals surface area contributed by atoms with Crippen LogP contribution in [0.3, 0.4) is 0 Å². The second kappa shape index (κ2) is 5.48. The number of aliphatic hydroxyl groups is 1. The normalized spacial score (nSPS) is 46.3. The highest BCUT2D eigenvalue weighted by molar-refractivity contribution is 5.24. The van der Waals surface area contributed by atoms with Crippen molar-refractivity contribution in [1.29, 1.82) is 0 Å². The molecule has 2 fully saturated rings. The van der Waals surface area contributed by atoms with Crippen molar-refractivity contribution in [1.82, 2.24) is 0 Å². The molecule has 0 unspecified atom stereocenters. The highest BCUT2D eigenvalue weighted by Gasteiger charge is 2.60. The van der Waals surface area contributed by atoms with Crippen molar-refractivity contribution < 1.29 is 5.11 Å². The SMILES string of the molecule is C[C@]1(O)C[C@@]23C=CC[C@]2(CCCCCCCCCC3)C1. The van der Waals surface area contributed by atoms with E-state index in [0.717, 1.165) is 12.8 Å². The summed E-state index contributed by atoms with van der Waals surface area (Å²) in [7, 11) is 0. The first-order chi connectivity index (χ1) is 9.58. The summed E-state index contributed by atoms with van der Waals surface area (Å²) in [5, 5.41) is 10.7. The van der Waals surface area contributed by atoms with Crippen LogP contribution in [0.15, 0.2) is 12.2 Å². The first kappa shape index (κ1) is 14.6. The van der Waals surface area contributed by atoms with Gasteiger partial charge in [-0.3, -0.25) is 0 Å². The molecule has 0 bridgehead atoms. The fourth-order valence-corrected chi connectivity index (χ4v) is 5.70. The minimum Gasteiger partial charge on any atom is -0.390 e. The molecule has 0 radical (unpaired) electrons. The quantitative estimate of drug-likeness (QED) is 0.589. The highest BCUT2D eigenvalue weighted by Crippen LogP contribution is 2.66. The molecule has 3 aliphatic carbocycles. The average Bonchev–Trinajstić information content (AvgIpc) is 2.77. The summed E-state index contributed by atoms with van der Waals surface area (Å²) in [5.41, 5.74) is 0.302. The topological polar surface area (TPSA) is 20.2 Å². The summed E-state index contributed by atoms with van der Waals surface area (Å²) in [4.78, 5) is 0. The van der Waals surface area contributed by atoms with Gasteiger partial charge in [-0.2, -0.15) is 0 Å². The van der Waals surface area contributed by atoms with Crippen LogP contribution in [0.2, 0.25) is 0 Å². The predicted molar refractivity (Wildman–Crippen MR) is 84.7 cm³/mol. The van der Waals surface area contributed by atoms with E-state index in [0.29, 0.717) is 10.8 Å². The fraction of sp³-hybridized carbons (Fsp3) is 0.895.